The third-order valence-electron chi connectivity index (χ3n) is 10.5. The molecule has 6 rings (SSSR count). The number of carboxylic acid groups (broad SMARTS) is 2. The van der Waals surface area contributed by atoms with E-state index >= 15 is 0 Å². The van der Waals surface area contributed by atoms with Gasteiger partial charge in [0.25, 0.3) is 11.1 Å². The van der Waals surface area contributed by atoms with Gasteiger partial charge in [-0.05, 0) is 75.9 Å². The summed E-state index contributed by atoms with van der Waals surface area (Å²) in [6.07, 6.45) is 1.91. The van der Waals surface area contributed by atoms with Crippen LogP contribution in [0.5, 0.6) is 11.5 Å². The van der Waals surface area contributed by atoms with E-state index in [-0.39, 0.29) is 74.9 Å². The van der Waals surface area contributed by atoms with Crippen LogP contribution in [0.1, 0.15) is 74.7 Å². The maximum atomic E-state index is 13.0. The number of hydrogen-bond acceptors (Lipinski definition) is 14. The third-order valence-corrected chi connectivity index (χ3v) is 10.5. The first-order valence-corrected chi connectivity index (χ1v) is 21.6. The van der Waals surface area contributed by atoms with Crippen molar-refractivity contribution in [3.8, 4) is 11.5 Å². The second-order valence-corrected chi connectivity index (χ2v) is 15.2. The monoisotopic (exact) mass is 922 g/mol. The number of aliphatic carboxylic acids is 2. The number of ether oxygens (including phenoxy) is 4. The molecule has 0 saturated heterocycles. The minimum absolute atomic E-state index is 0. The average Bonchev–Trinajstić information content (AvgIpc) is 3.74. The van der Waals surface area contributed by atoms with E-state index in [2.05, 4.69) is 34.0 Å². The summed E-state index contributed by atoms with van der Waals surface area (Å²) < 4.78 is 28.4. The Balaban J connectivity index is 0.000000280. The number of benzene rings is 2. The summed E-state index contributed by atoms with van der Waals surface area (Å²) in [5, 5.41) is 31.2. The van der Waals surface area contributed by atoms with Gasteiger partial charge in [-0.25, -0.2) is 9.97 Å². The van der Waals surface area contributed by atoms with Crippen LogP contribution in [0.2, 0.25) is 0 Å². The molecular formula is C46H58CaN8O10. The molecule has 19 heteroatoms. The molecule has 0 aliphatic rings. The Bertz CT molecular complexity index is 2460. The Labute approximate surface area is 407 Å². The van der Waals surface area contributed by atoms with E-state index in [0.717, 1.165) is 48.2 Å². The Morgan fingerprint density at radius 3 is 1.28 bits per heavy atom. The Morgan fingerprint density at radius 1 is 0.615 bits per heavy atom. The number of aryl methyl sites for hydroxylation is 6. The molecule has 0 fully saturated rings. The van der Waals surface area contributed by atoms with E-state index in [9.17, 15) is 29.4 Å². The molecule has 4 aromatic heterocycles. The summed E-state index contributed by atoms with van der Waals surface area (Å²) in [5.74, 6) is 0.0380. The van der Waals surface area contributed by atoms with Gasteiger partial charge in [0.05, 0.1) is 36.4 Å². The summed E-state index contributed by atoms with van der Waals surface area (Å²) >= 11 is 0. The molecule has 0 spiro atoms. The van der Waals surface area contributed by atoms with Crippen molar-refractivity contribution in [1.29, 1.82) is 0 Å². The first kappa shape index (κ1) is 52.5. The first-order valence-electron chi connectivity index (χ1n) is 21.6. The second kappa shape index (κ2) is 25.0. The van der Waals surface area contributed by atoms with E-state index in [1.807, 2.05) is 13.8 Å². The molecule has 0 N–H and O–H groups in total. The number of hydrogen-bond donors (Lipinski definition) is 0. The maximum Gasteiger partial charge on any atom is 2.00 e. The molecule has 0 aliphatic carbocycles. The van der Waals surface area contributed by atoms with Crippen molar-refractivity contribution in [3.63, 3.8) is 0 Å². The minimum Gasteiger partial charge on any atom is -0.547 e. The zero-order valence-electron chi connectivity index (χ0n) is 38.6. The number of rotatable bonds is 22. The van der Waals surface area contributed by atoms with Crippen LogP contribution in [0.3, 0.4) is 0 Å². The molecule has 0 radical (unpaired) electrons. The van der Waals surface area contributed by atoms with Crippen molar-refractivity contribution in [2.24, 2.45) is 14.1 Å². The molecule has 6 aromatic rings. The van der Waals surface area contributed by atoms with Gasteiger partial charge in [0.15, 0.2) is 11.0 Å². The molecular weight excluding hydrogens is 865 g/mol. The molecule has 0 aliphatic heterocycles. The second-order valence-electron chi connectivity index (χ2n) is 15.2. The number of carbonyl (C=O) groups excluding carboxylic acids is 2. The van der Waals surface area contributed by atoms with Gasteiger partial charge in [-0.1, -0.05) is 51.0 Å². The number of aromatic nitrogens is 8. The SMILES string of the molecule is CCCc1nn(C)c2c(=O)n(CCOc3ccc(CC(OCC)C(=O)[O-])cc3)c(C)nc12.CCCc1nn(C)c2c(=O)n(CCOc3ccc(CC(OCC)C(=O)[O-])cc3)c(C)nc12.[Ca+2]. The molecule has 0 amide bonds. The predicted octanol–water partition coefficient (Wildman–Crippen LogP) is 1.95. The van der Waals surface area contributed by atoms with Crippen LogP contribution in [0, 0.1) is 13.8 Å². The van der Waals surface area contributed by atoms with Crippen molar-refractivity contribution in [1.82, 2.24) is 38.7 Å². The maximum absolute atomic E-state index is 13.0. The number of carboxylic acids is 2. The predicted molar refractivity (Wildman–Crippen MR) is 241 cm³/mol. The Hall–Kier alpha value is -5.14. The zero-order valence-corrected chi connectivity index (χ0v) is 40.8. The van der Waals surface area contributed by atoms with Gasteiger partial charge in [0.2, 0.25) is 0 Å². The fourth-order valence-corrected chi connectivity index (χ4v) is 7.39. The van der Waals surface area contributed by atoms with Crippen LogP contribution < -0.4 is 30.8 Å². The molecule has 2 unspecified atom stereocenters. The summed E-state index contributed by atoms with van der Waals surface area (Å²) in [7, 11) is 3.53. The standard InChI is InChI=1S/2C23H30N4O5.Ca/c2*1-5-7-18-20-21(26(4)25-18)22(28)27(15(3)24-20)12-13-32-17-10-8-16(9-11-17)14-19(23(29)30)31-6-2;/h2*8-11,19H,5-7,12-14H2,1-4H3,(H,29,30);/q;;+2/p-2. The topological polar surface area (TPSA) is 223 Å². The fourth-order valence-electron chi connectivity index (χ4n) is 7.39. The van der Waals surface area contributed by atoms with Gasteiger partial charge in [-0.2, -0.15) is 10.2 Å². The van der Waals surface area contributed by atoms with E-state index in [4.69, 9.17) is 18.9 Å². The molecule has 0 saturated carbocycles. The van der Waals surface area contributed by atoms with Crippen molar-refractivity contribution in [2.75, 3.05) is 26.4 Å². The summed E-state index contributed by atoms with van der Waals surface area (Å²) in [4.78, 5) is 57.6. The van der Waals surface area contributed by atoms with Gasteiger partial charge >= 0.3 is 37.7 Å². The van der Waals surface area contributed by atoms with Gasteiger partial charge in [-0.15, -0.1) is 0 Å². The van der Waals surface area contributed by atoms with Crippen LogP contribution in [-0.2, 0) is 71.9 Å². The molecule has 344 valence electrons. The minimum atomic E-state index is -1.23. The van der Waals surface area contributed by atoms with Crippen LogP contribution in [-0.4, -0.2) is 127 Å². The molecule has 65 heavy (non-hydrogen) atoms. The van der Waals surface area contributed by atoms with Gasteiger partial charge in [0.1, 0.15) is 59.6 Å². The first-order chi connectivity index (χ1) is 30.7. The number of carbonyl (C=O) groups is 2. The fraction of sp³-hybridized carbons (Fsp3) is 0.478. The van der Waals surface area contributed by atoms with E-state index in [1.165, 1.54) is 0 Å². The number of nitrogens with zero attached hydrogens (tertiary/aromatic N) is 8. The largest absolute Gasteiger partial charge is 2.00 e. The van der Waals surface area contributed by atoms with E-state index < -0.39 is 24.1 Å². The van der Waals surface area contributed by atoms with Crippen LogP contribution in [0.15, 0.2) is 58.1 Å². The summed E-state index contributed by atoms with van der Waals surface area (Å²) in [6.45, 7) is 13.1. The molecule has 18 nitrogen and oxygen atoms in total. The zero-order chi connectivity index (χ0) is 46.5. The van der Waals surface area contributed by atoms with Crippen LogP contribution >= 0.6 is 0 Å². The average molecular weight is 923 g/mol. The van der Waals surface area contributed by atoms with Crippen molar-refractivity contribution in [3.05, 3.63) is 103 Å². The third kappa shape index (κ3) is 13.5. The van der Waals surface area contributed by atoms with Gasteiger partial charge < -0.3 is 38.7 Å². The smallest absolute Gasteiger partial charge is 0.547 e. The Kier molecular flexibility index (Phi) is 20.1. The van der Waals surface area contributed by atoms with Crippen molar-refractivity contribution < 1.29 is 38.7 Å². The molecule has 4 heterocycles. The van der Waals surface area contributed by atoms with Crippen LogP contribution in [0.25, 0.3) is 22.1 Å². The molecule has 0 bridgehead atoms. The Morgan fingerprint density at radius 2 is 0.969 bits per heavy atom. The normalized spacial score (nSPS) is 12.1. The number of fused-ring (bicyclic) bond motifs is 2. The molecule has 2 aromatic carbocycles. The van der Waals surface area contributed by atoms with E-state index in [1.54, 1.807) is 95.0 Å². The quantitative estimate of drug-likeness (QED) is 0.0889. The summed E-state index contributed by atoms with van der Waals surface area (Å²) in [6, 6.07) is 14.2. The van der Waals surface area contributed by atoms with Crippen molar-refractivity contribution in [2.45, 2.75) is 105 Å². The van der Waals surface area contributed by atoms with Crippen LogP contribution in [0.4, 0.5) is 0 Å². The summed E-state index contributed by atoms with van der Waals surface area (Å²) in [5.41, 5.74) is 5.39. The van der Waals surface area contributed by atoms with E-state index in [0.29, 0.717) is 71.5 Å². The van der Waals surface area contributed by atoms with Gasteiger partial charge in [-0.3, -0.25) is 28.1 Å². The van der Waals surface area contributed by atoms with Crippen molar-refractivity contribution >= 4 is 71.7 Å². The van der Waals surface area contributed by atoms with Gasteiger partial charge in [0, 0.05) is 40.2 Å². The molecule has 2 atom stereocenters.